The first-order valence-corrected chi connectivity index (χ1v) is 7.19. The van der Waals surface area contributed by atoms with Gasteiger partial charge in [0, 0.05) is 17.7 Å². The van der Waals surface area contributed by atoms with E-state index >= 15 is 0 Å². The van der Waals surface area contributed by atoms with Gasteiger partial charge in [-0.1, -0.05) is 33.3 Å². The van der Waals surface area contributed by atoms with E-state index in [1.807, 2.05) is 13.8 Å². The van der Waals surface area contributed by atoms with Gasteiger partial charge in [0.2, 0.25) is 5.91 Å². The van der Waals surface area contributed by atoms with Gasteiger partial charge in [-0.05, 0) is 24.5 Å². The Morgan fingerprint density at radius 1 is 1.33 bits per heavy atom. The summed E-state index contributed by atoms with van der Waals surface area (Å²) >= 11 is 0. The number of anilines is 1. The molecule has 5 nitrogen and oxygen atoms in total. The summed E-state index contributed by atoms with van der Waals surface area (Å²) in [6.45, 7) is 5.73. The topological polar surface area (TPSA) is 75.6 Å². The highest BCUT2D eigenvalue weighted by Crippen LogP contribution is 2.22. The molecule has 1 amide bonds. The predicted molar refractivity (Wildman–Crippen MR) is 81.4 cm³/mol. The first-order chi connectivity index (χ1) is 9.93. The highest BCUT2D eigenvalue weighted by molar-refractivity contribution is 5.92. The molecule has 116 valence electrons. The van der Waals surface area contributed by atoms with Crippen molar-refractivity contribution in [3.05, 3.63) is 24.3 Å². The van der Waals surface area contributed by atoms with Crippen LogP contribution in [0.3, 0.4) is 0 Å². The van der Waals surface area contributed by atoms with E-state index in [4.69, 9.17) is 9.84 Å². The van der Waals surface area contributed by atoms with E-state index in [0.717, 1.165) is 12.8 Å². The van der Waals surface area contributed by atoms with Crippen LogP contribution in [0.5, 0.6) is 5.75 Å². The molecule has 0 aromatic heterocycles. The van der Waals surface area contributed by atoms with Crippen LogP contribution in [-0.2, 0) is 9.59 Å². The Labute approximate surface area is 125 Å². The Bertz CT molecular complexity index is 485. The number of carboxylic acid groups (broad SMARTS) is 1. The number of hydrogen-bond acceptors (Lipinski definition) is 3. The summed E-state index contributed by atoms with van der Waals surface area (Å²) in [5.41, 5.74) is 0.615. The first-order valence-electron chi connectivity index (χ1n) is 7.19. The molecule has 1 rings (SSSR count). The average molecular weight is 293 g/mol. The SMILES string of the molecule is CCCC(C(=O)Nc1cccc(OCC(=O)O)c1)C(C)C. The predicted octanol–water partition coefficient (Wildman–Crippen LogP) is 3.16. The number of rotatable bonds is 8. The monoisotopic (exact) mass is 293 g/mol. The molecule has 0 bridgehead atoms. The molecule has 0 fully saturated rings. The van der Waals surface area contributed by atoms with Crippen molar-refractivity contribution in [2.24, 2.45) is 11.8 Å². The van der Waals surface area contributed by atoms with Gasteiger partial charge in [0.05, 0.1) is 0 Å². The van der Waals surface area contributed by atoms with Gasteiger partial charge < -0.3 is 15.2 Å². The van der Waals surface area contributed by atoms with Crippen LogP contribution in [0.15, 0.2) is 24.3 Å². The second kappa shape index (κ2) is 8.29. The van der Waals surface area contributed by atoms with Crippen molar-refractivity contribution >= 4 is 17.6 Å². The molecule has 1 aromatic carbocycles. The third-order valence-electron chi connectivity index (χ3n) is 3.21. The summed E-state index contributed by atoms with van der Waals surface area (Å²) in [5.74, 6) is -0.378. The molecular weight excluding hydrogens is 270 g/mol. The maximum absolute atomic E-state index is 12.3. The highest BCUT2D eigenvalue weighted by atomic mass is 16.5. The lowest BCUT2D eigenvalue weighted by Gasteiger charge is -2.19. The van der Waals surface area contributed by atoms with Crippen LogP contribution in [0.25, 0.3) is 0 Å². The molecule has 0 aliphatic rings. The molecule has 0 heterocycles. The second-order valence-corrected chi connectivity index (χ2v) is 5.34. The molecular formula is C16H23NO4. The maximum Gasteiger partial charge on any atom is 0.341 e. The lowest BCUT2D eigenvalue weighted by molar-refractivity contribution is -0.139. The van der Waals surface area contributed by atoms with E-state index in [2.05, 4.69) is 12.2 Å². The zero-order valence-corrected chi connectivity index (χ0v) is 12.8. The zero-order chi connectivity index (χ0) is 15.8. The molecule has 0 aliphatic carbocycles. The van der Waals surface area contributed by atoms with Crippen LogP contribution in [0.4, 0.5) is 5.69 Å². The molecule has 21 heavy (non-hydrogen) atoms. The van der Waals surface area contributed by atoms with Crippen LogP contribution >= 0.6 is 0 Å². The fraction of sp³-hybridized carbons (Fsp3) is 0.500. The Morgan fingerprint density at radius 3 is 2.62 bits per heavy atom. The van der Waals surface area contributed by atoms with Gasteiger partial charge in [0.15, 0.2) is 6.61 Å². The van der Waals surface area contributed by atoms with Crippen LogP contribution in [0, 0.1) is 11.8 Å². The van der Waals surface area contributed by atoms with E-state index in [9.17, 15) is 9.59 Å². The first kappa shape index (κ1) is 17.0. The third-order valence-corrected chi connectivity index (χ3v) is 3.21. The Morgan fingerprint density at radius 2 is 2.05 bits per heavy atom. The van der Waals surface area contributed by atoms with Gasteiger partial charge >= 0.3 is 5.97 Å². The van der Waals surface area contributed by atoms with Gasteiger partial charge in [0.25, 0.3) is 0 Å². The standard InChI is InChI=1S/C16H23NO4/c1-4-6-14(11(2)3)16(20)17-12-7-5-8-13(9-12)21-10-15(18)19/h5,7-9,11,14H,4,6,10H2,1-3H3,(H,17,20)(H,18,19). The lowest BCUT2D eigenvalue weighted by atomic mass is 9.90. The summed E-state index contributed by atoms with van der Waals surface area (Å²) in [7, 11) is 0. The van der Waals surface area contributed by atoms with Gasteiger partial charge in [0.1, 0.15) is 5.75 Å². The Balaban J connectivity index is 2.71. The number of hydrogen-bond donors (Lipinski definition) is 2. The molecule has 0 aliphatic heterocycles. The minimum absolute atomic E-state index is 0.0118. The fourth-order valence-corrected chi connectivity index (χ4v) is 2.12. The average Bonchev–Trinajstić information content (AvgIpc) is 2.42. The number of amides is 1. The number of benzene rings is 1. The van der Waals surface area contributed by atoms with Gasteiger partial charge in [-0.3, -0.25) is 4.79 Å². The minimum Gasteiger partial charge on any atom is -0.482 e. The van der Waals surface area contributed by atoms with Crippen LogP contribution in [0.1, 0.15) is 33.6 Å². The molecule has 0 saturated carbocycles. The highest BCUT2D eigenvalue weighted by Gasteiger charge is 2.21. The fourth-order valence-electron chi connectivity index (χ4n) is 2.12. The van der Waals surface area contributed by atoms with Crippen LogP contribution in [-0.4, -0.2) is 23.6 Å². The molecule has 0 saturated heterocycles. The van der Waals surface area contributed by atoms with E-state index in [0.29, 0.717) is 11.4 Å². The summed E-state index contributed by atoms with van der Waals surface area (Å²) in [5, 5.41) is 11.5. The minimum atomic E-state index is -1.03. The van der Waals surface area contributed by atoms with Crippen molar-refractivity contribution in [3.63, 3.8) is 0 Å². The Kier molecular flexibility index (Phi) is 6.72. The van der Waals surface area contributed by atoms with E-state index < -0.39 is 12.6 Å². The van der Waals surface area contributed by atoms with E-state index in [1.165, 1.54) is 0 Å². The normalized spacial score (nSPS) is 12.0. The van der Waals surface area contributed by atoms with Crippen molar-refractivity contribution in [2.45, 2.75) is 33.6 Å². The number of carboxylic acids is 1. The Hall–Kier alpha value is -2.04. The molecule has 5 heteroatoms. The van der Waals surface area contributed by atoms with Gasteiger partial charge in [-0.2, -0.15) is 0 Å². The smallest absolute Gasteiger partial charge is 0.341 e. The van der Waals surface area contributed by atoms with Crippen LogP contribution < -0.4 is 10.1 Å². The second-order valence-electron chi connectivity index (χ2n) is 5.34. The number of aliphatic carboxylic acids is 1. The largest absolute Gasteiger partial charge is 0.482 e. The zero-order valence-electron chi connectivity index (χ0n) is 12.8. The van der Waals surface area contributed by atoms with Crippen molar-refractivity contribution in [3.8, 4) is 5.75 Å². The maximum atomic E-state index is 12.3. The van der Waals surface area contributed by atoms with Crippen molar-refractivity contribution in [2.75, 3.05) is 11.9 Å². The number of nitrogens with one attached hydrogen (secondary N) is 1. The van der Waals surface area contributed by atoms with E-state index in [1.54, 1.807) is 24.3 Å². The lowest BCUT2D eigenvalue weighted by Crippen LogP contribution is -2.26. The van der Waals surface area contributed by atoms with E-state index in [-0.39, 0.29) is 17.7 Å². The van der Waals surface area contributed by atoms with Crippen molar-refractivity contribution in [1.82, 2.24) is 0 Å². The molecule has 2 N–H and O–H groups in total. The number of ether oxygens (including phenoxy) is 1. The molecule has 0 spiro atoms. The van der Waals surface area contributed by atoms with Gasteiger partial charge in [-0.15, -0.1) is 0 Å². The molecule has 1 atom stereocenters. The number of carbonyl (C=O) groups excluding carboxylic acids is 1. The molecule has 1 unspecified atom stereocenters. The third kappa shape index (κ3) is 5.85. The summed E-state index contributed by atoms with van der Waals surface area (Å²) in [6.07, 6.45) is 1.80. The summed E-state index contributed by atoms with van der Waals surface area (Å²) in [6, 6.07) is 6.76. The van der Waals surface area contributed by atoms with Gasteiger partial charge in [-0.25, -0.2) is 4.79 Å². The quantitative estimate of drug-likeness (QED) is 0.772. The van der Waals surface area contributed by atoms with Crippen molar-refractivity contribution < 1.29 is 19.4 Å². The number of carbonyl (C=O) groups is 2. The molecule has 1 aromatic rings. The van der Waals surface area contributed by atoms with Crippen molar-refractivity contribution in [1.29, 1.82) is 0 Å². The van der Waals surface area contributed by atoms with Crippen LogP contribution in [0.2, 0.25) is 0 Å². The summed E-state index contributed by atoms with van der Waals surface area (Å²) in [4.78, 5) is 22.8. The summed E-state index contributed by atoms with van der Waals surface area (Å²) < 4.78 is 5.09. The molecule has 0 radical (unpaired) electrons.